The molecule has 22 heavy (non-hydrogen) atoms. The van der Waals surface area contributed by atoms with Gasteiger partial charge in [-0.05, 0) is 31.8 Å². The molecule has 1 rings (SSSR count). The average Bonchev–Trinajstić information content (AvgIpc) is 2.43. The number of halogens is 3. The normalized spacial score (nSPS) is 13.1. The molecule has 1 amide bonds. The molecule has 0 fully saturated rings. The van der Waals surface area contributed by atoms with E-state index in [1.165, 1.54) is 24.3 Å². The number of amides is 1. The zero-order valence-electron chi connectivity index (χ0n) is 12.2. The lowest BCUT2D eigenvalue weighted by Gasteiger charge is -2.21. The summed E-state index contributed by atoms with van der Waals surface area (Å²) in [7, 11) is 3.54. The molecule has 0 aromatic heterocycles. The fourth-order valence-corrected chi connectivity index (χ4v) is 1.70. The molecule has 0 heterocycles. The molecule has 0 spiro atoms. The third kappa shape index (κ3) is 5.58. The lowest BCUT2D eigenvalue weighted by atomic mass is 10.0. The number of alkyl halides is 3. The first-order chi connectivity index (χ1) is 10.2. The number of hydrogen-bond acceptors (Lipinski definition) is 3. The number of rotatable bonds is 5. The molecular formula is C15H16F3N3O. The second-order valence-corrected chi connectivity index (χ2v) is 4.89. The van der Waals surface area contributed by atoms with Gasteiger partial charge in [-0.25, -0.2) is 0 Å². The summed E-state index contributed by atoms with van der Waals surface area (Å²) in [6.45, 7) is 0.439. The Hall–Kier alpha value is -2.33. The first-order valence-corrected chi connectivity index (χ1v) is 6.42. The second-order valence-electron chi connectivity index (χ2n) is 4.89. The van der Waals surface area contributed by atoms with Crippen LogP contribution < -0.4 is 5.32 Å². The Labute approximate surface area is 126 Å². The van der Waals surface area contributed by atoms with E-state index in [-0.39, 0.29) is 11.1 Å². The van der Waals surface area contributed by atoms with E-state index in [1.807, 2.05) is 5.32 Å². The van der Waals surface area contributed by atoms with Gasteiger partial charge in [-0.3, -0.25) is 4.79 Å². The van der Waals surface area contributed by atoms with Crippen LogP contribution >= 0.6 is 0 Å². The first kappa shape index (κ1) is 17.7. The molecule has 1 N–H and O–H groups in total. The van der Waals surface area contributed by atoms with Crippen LogP contribution in [0.4, 0.5) is 13.2 Å². The first-order valence-electron chi connectivity index (χ1n) is 6.42. The fourth-order valence-electron chi connectivity index (χ4n) is 1.70. The topological polar surface area (TPSA) is 56.1 Å². The highest BCUT2D eigenvalue weighted by molar-refractivity contribution is 5.87. The van der Waals surface area contributed by atoms with Crippen LogP contribution in [0.2, 0.25) is 0 Å². The highest BCUT2D eigenvalue weighted by atomic mass is 19.4. The lowest BCUT2D eigenvalue weighted by molar-refractivity contribution is -0.162. The van der Waals surface area contributed by atoms with Gasteiger partial charge in [0, 0.05) is 12.6 Å². The minimum absolute atomic E-state index is 0.101. The van der Waals surface area contributed by atoms with Gasteiger partial charge in [-0.2, -0.15) is 18.4 Å². The highest BCUT2D eigenvalue weighted by Gasteiger charge is 2.41. The third-order valence-electron chi connectivity index (χ3n) is 2.70. The summed E-state index contributed by atoms with van der Waals surface area (Å²) < 4.78 is 39.4. The fraction of sp³-hybridized carbons (Fsp3) is 0.333. The van der Waals surface area contributed by atoms with Gasteiger partial charge in [0.15, 0.2) is 6.04 Å². The number of benzene rings is 1. The van der Waals surface area contributed by atoms with Crippen LogP contribution in [0.3, 0.4) is 0 Å². The van der Waals surface area contributed by atoms with Gasteiger partial charge in [0.25, 0.3) is 0 Å². The molecule has 0 saturated carbocycles. The summed E-state index contributed by atoms with van der Waals surface area (Å²) in [6.07, 6.45) is -2.12. The quantitative estimate of drug-likeness (QED) is 0.850. The molecule has 1 aromatic rings. The van der Waals surface area contributed by atoms with Crippen molar-refractivity contribution in [2.24, 2.45) is 0 Å². The Morgan fingerprint density at radius 2 is 2.14 bits per heavy atom. The van der Waals surface area contributed by atoms with E-state index >= 15 is 0 Å². The molecule has 4 nitrogen and oxygen atoms in total. The Morgan fingerprint density at radius 3 is 2.68 bits per heavy atom. The summed E-state index contributed by atoms with van der Waals surface area (Å²) in [6, 6.07) is 4.70. The van der Waals surface area contributed by atoms with Crippen LogP contribution in [-0.2, 0) is 4.79 Å². The van der Waals surface area contributed by atoms with Crippen LogP contribution in [0.1, 0.15) is 17.2 Å². The predicted octanol–water partition coefficient (Wildman–Crippen LogP) is 2.40. The van der Waals surface area contributed by atoms with Gasteiger partial charge >= 0.3 is 6.18 Å². The number of nitriles is 1. The van der Waals surface area contributed by atoms with Gasteiger partial charge in [0.2, 0.25) is 5.91 Å². The predicted molar refractivity (Wildman–Crippen MR) is 75.8 cm³/mol. The SMILES string of the molecule is CN(C)C/C=C/C(=O)NC(c1cccc(C#N)c1)C(F)(F)F. The molecule has 1 unspecified atom stereocenters. The Bertz CT molecular complexity index is 588. The molecular weight excluding hydrogens is 295 g/mol. The van der Waals surface area contributed by atoms with Crippen molar-refractivity contribution in [2.45, 2.75) is 12.2 Å². The maximum absolute atomic E-state index is 13.1. The summed E-state index contributed by atoms with van der Waals surface area (Å²) >= 11 is 0. The summed E-state index contributed by atoms with van der Waals surface area (Å²) in [5.74, 6) is -0.841. The summed E-state index contributed by atoms with van der Waals surface area (Å²) in [4.78, 5) is 13.4. The molecule has 0 aliphatic rings. The van der Waals surface area contributed by atoms with Crippen molar-refractivity contribution in [3.05, 3.63) is 47.5 Å². The van der Waals surface area contributed by atoms with E-state index in [0.717, 1.165) is 12.1 Å². The third-order valence-corrected chi connectivity index (χ3v) is 2.70. The lowest BCUT2D eigenvalue weighted by Crippen LogP contribution is -2.37. The van der Waals surface area contributed by atoms with Crippen molar-refractivity contribution in [2.75, 3.05) is 20.6 Å². The van der Waals surface area contributed by atoms with Crippen LogP contribution in [0, 0.1) is 11.3 Å². The van der Waals surface area contributed by atoms with Crippen molar-refractivity contribution < 1.29 is 18.0 Å². The largest absolute Gasteiger partial charge is 0.412 e. The van der Waals surface area contributed by atoms with E-state index in [2.05, 4.69) is 0 Å². The number of nitrogens with one attached hydrogen (secondary N) is 1. The van der Waals surface area contributed by atoms with E-state index in [0.29, 0.717) is 6.54 Å². The molecule has 7 heteroatoms. The van der Waals surface area contributed by atoms with Gasteiger partial charge in [0.1, 0.15) is 0 Å². The molecule has 0 saturated heterocycles. The highest BCUT2D eigenvalue weighted by Crippen LogP contribution is 2.32. The number of carbonyl (C=O) groups excluding carboxylic acids is 1. The Kier molecular flexibility index (Phi) is 6.13. The van der Waals surface area contributed by atoms with Crippen LogP contribution in [0.15, 0.2) is 36.4 Å². The zero-order chi connectivity index (χ0) is 16.8. The minimum Gasteiger partial charge on any atom is -0.337 e. The second kappa shape index (κ2) is 7.61. The van der Waals surface area contributed by atoms with E-state index in [4.69, 9.17) is 5.26 Å². The molecule has 1 aromatic carbocycles. The molecule has 0 aliphatic heterocycles. The Balaban J connectivity index is 2.93. The smallest absolute Gasteiger partial charge is 0.337 e. The van der Waals surface area contributed by atoms with Crippen molar-refractivity contribution in [1.29, 1.82) is 5.26 Å². The summed E-state index contributed by atoms with van der Waals surface area (Å²) in [5.41, 5.74) is -0.0786. The van der Waals surface area contributed by atoms with E-state index < -0.39 is 18.1 Å². The molecule has 1 atom stereocenters. The van der Waals surface area contributed by atoms with Crippen molar-refractivity contribution in [1.82, 2.24) is 10.2 Å². The van der Waals surface area contributed by atoms with Crippen molar-refractivity contribution in [3.63, 3.8) is 0 Å². The van der Waals surface area contributed by atoms with E-state index in [1.54, 1.807) is 25.1 Å². The maximum atomic E-state index is 13.1. The van der Waals surface area contributed by atoms with Crippen molar-refractivity contribution >= 4 is 5.91 Å². The molecule has 0 radical (unpaired) electrons. The van der Waals surface area contributed by atoms with Gasteiger partial charge in [0.05, 0.1) is 11.6 Å². The summed E-state index contributed by atoms with van der Waals surface area (Å²) in [5, 5.41) is 10.7. The van der Waals surface area contributed by atoms with Gasteiger partial charge in [-0.1, -0.05) is 18.2 Å². The number of carbonyl (C=O) groups is 1. The molecule has 0 bridgehead atoms. The van der Waals surface area contributed by atoms with E-state index in [9.17, 15) is 18.0 Å². The van der Waals surface area contributed by atoms with Crippen LogP contribution in [0.5, 0.6) is 0 Å². The van der Waals surface area contributed by atoms with Crippen LogP contribution in [-0.4, -0.2) is 37.6 Å². The molecule has 118 valence electrons. The monoisotopic (exact) mass is 311 g/mol. The zero-order valence-corrected chi connectivity index (χ0v) is 12.2. The number of likely N-dealkylation sites (N-methyl/N-ethyl adjacent to an activating group) is 1. The van der Waals surface area contributed by atoms with Crippen molar-refractivity contribution in [3.8, 4) is 6.07 Å². The van der Waals surface area contributed by atoms with Gasteiger partial charge in [-0.15, -0.1) is 0 Å². The standard InChI is InChI=1S/C15H16F3N3O/c1-21(2)8-4-7-13(22)20-14(15(16,17)18)12-6-3-5-11(9-12)10-19/h3-7,9,14H,8H2,1-2H3,(H,20,22)/b7-4+. The Morgan fingerprint density at radius 1 is 1.45 bits per heavy atom. The average molecular weight is 311 g/mol. The number of nitrogens with zero attached hydrogens (tertiary/aromatic N) is 2. The van der Waals surface area contributed by atoms with Crippen LogP contribution in [0.25, 0.3) is 0 Å². The minimum atomic E-state index is -4.65. The number of hydrogen-bond donors (Lipinski definition) is 1. The molecule has 0 aliphatic carbocycles. The maximum Gasteiger partial charge on any atom is 0.412 e. The van der Waals surface area contributed by atoms with Gasteiger partial charge < -0.3 is 10.2 Å².